The van der Waals surface area contributed by atoms with Crippen LogP contribution in [0.4, 0.5) is 11.5 Å². The average molecular weight is 349 g/mol. The molecule has 0 aromatic carbocycles. The second kappa shape index (κ2) is 6.71. The van der Waals surface area contributed by atoms with E-state index in [2.05, 4.69) is 46.1 Å². The number of amides is 1. The minimum atomic E-state index is 0.0431. The minimum Gasteiger partial charge on any atom is -0.396 e. The number of nitrogen functional groups attached to an aromatic ring is 1. The van der Waals surface area contributed by atoms with Crippen LogP contribution in [0.5, 0.6) is 0 Å². The summed E-state index contributed by atoms with van der Waals surface area (Å²) in [5, 5.41) is 0. The van der Waals surface area contributed by atoms with Crippen molar-refractivity contribution in [3.8, 4) is 0 Å². The fraction of sp³-hybridized carbons (Fsp3) is 0.300. The lowest BCUT2D eigenvalue weighted by Crippen LogP contribution is -2.49. The molecule has 6 nitrogen and oxygen atoms in total. The van der Waals surface area contributed by atoms with Gasteiger partial charge in [-0.05, 0) is 35.8 Å². The molecule has 2 aromatic heterocycles. The van der Waals surface area contributed by atoms with E-state index in [0.29, 0.717) is 30.4 Å². The molecular weight excluding hydrogens is 326 g/mol. The fourth-order valence-corrected chi connectivity index (χ4v) is 3.41. The van der Waals surface area contributed by atoms with Crippen molar-refractivity contribution >= 4 is 29.6 Å². The Morgan fingerprint density at radius 2 is 2.00 bits per heavy atom. The number of aromatic nitrogens is 2. The van der Waals surface area contributed by atoms with E-state index in [-0.39, 0.29) is 5.91 Å². The molecule has 1 unspecified atom stereocenters. The second-order valence-electron chi connectivity index (χ2n) is 6.82. The van der Waals surface area contributed by atoms with Crippen molar-refractivity contribution < 1.29 is 4.79 Å². The van der Waals surface area contributed by atoms with Gasteiger partial charge in [0.05, 0.1) is 5.69 Å². The van der Waals surface area contributed by atoms with Gasteiger partial charge in [-0.1, -0.05) is 25.2 Å². The molecule has 1 aliphatic carbocycles. The van der Waals surface area contributed by atoms with Crippen molar-refractivity contribution in [2.24, 2.45) is 5.92 Å². The number of carbonyl (C=O) groups is 1. The molecule has 1 saturated heterocycles. The molecule has 26 heavy (non-hydrogen) atoms. The van der Waals surface area contributed by atoms with Crippen LogP contribution in [0.1, 0.15) is 28.7 Å². The Balaban J connectivity index is 1.45. The van der Waals surface area contributed by atoms with Gasteiger partial charge < -0.3 is 20.5 Å². The van der Waals surface area contributed by atoms with E-state index in [1.807, 2.05) is 23.1 Å². The predicted molar refractivity (Wildman–Crippen MR) is 105 cm³/mol. The topological polar surface area (TPSA) is 78.2 Å². The smallest absolute Gasteiger partial charge is 0.270 e. The van der Waals surface area contributed by atoms with Gasteiger partial charge in [0.2, 0.25) is 0 Å². The Kier molecular flexibility index (Phi) is 4.24. The van der Waals surface area contributed by atoms with Crippen molar-refractivity contribution in [2.75, 3.05) is 36.8 Å². The predicted octanol–water partition coefficient (Wildman–Crippen LogP) is 2.63. The number of hydrogen-bond donors (Lipinski definition) is 2. The molecule has 0 saturated carbocycles. The molecule has 1 fully saturated rings. The molecule has 1 aliphatic heterocycles. The zero-order valence-corrected chi connectivity index (χ0v) is 14.9. The van der Waals surface area contributed by atoms with Gasteiger partial charge in [0, 0.05) is 38.1 Å². The molecular formula is C20H23N5O. The first-order valence-corrected chi connectivity index (χ1v) is 8.96. The van der Waals surface area contributed by atoms with Crippen molar-refractivity contribution in [1.29, 1.82) is 0 Å². The zero-order chi connectivity index (χ0) is 18.1. The van der Waals surface area contributed by atoms with Crippen LogP contribution in [0.2, 0.25) is 0 Å². The van der Waals surface area contributed by atoms with Crippen LogP contribution in [0.25, 0.3) is 12.2 Å². The van der Waals surface area contributed by atoms with Gasteiger partial charge in [-0.25, -0.2) is 4.98 Å². The third-order valence-electron chi connectivity index (χ3n) is 4.94. The number of hydrogen-bond acceptors (Lipinski definition) is 4. The standard InChI is InChI=1S/C20H23N5O/c1-14-4-6-15-13-18(23-17(15)7-5-14)20(26)25-11-9-24(10-12-25)19-16(21)3-2-8-22-19/h2-8,13-14,23H,9-12,21H2,1H3. The molecule has 6 heteroatoms. The Morgan fingerprint density at radius 3 is 2.77 bits per heavy atom. The normalized spacial score (nSPS) is 19.3. The first kappa shape index (κ1) is 16.4. The number of piperazine rings is 1. The Hall–Kier alpha value is -3.02. The van der Waals surface area contributed by atoms with E-state index >= 15 is 0 Å². The Bertz CT molecular complexity index is 843. The van der Waals surface area contributed by atoms with E-state index in [9.17, 15) is 4.79 Å². The minimum absolute atomic E-state index is 0.0431. The highest BCUT2D eigenvalue weighted by Gasteiger charge is 2.25. The largest absolute Gasteiger partial charge is 0.396 e. The number of nitrogens with zero attached hydrogens (tertiary/aromatic N) is 3. The van der Waals surface area contributed by atoms with Gasteiger partial charge in [0.1, 0.15) is 5.69 Å². The number of aromatic amines is 1. The van der Waals surface area contributed by atoms with Gasteiger partial charge in [-0.2, -0.15) is 0 Å². The van der Waals surface area contributed by atoms with Gasteiger partial charge >= 0.3 is 0 Å². The maximum absolute atomic E-state index is 12.9. The number of nitrogens with two attached hydrogens (primary N) is 1. The second-order valence-corrected chi connectivity index (χ2v) is 6.82. The summed E-state index contributed by atoms with van der Waals surface area (Å²) in [6.07, 6.45) is 10.1. The van der Waals surface area contributed by atoms with E-state index < -0.39 is 0 Å². The highest BCUT2D eigenvalue weighted by molar-refractivity contribution is 5.94. The van der Waals surface area contributed by atoms with Crippen molar-refractivity contribution in [2.45, 2.75) is 6.92 Å². The molecule has 0 bridgehead atoms. The van der Waals surface area contributed by atoms with E-state index in [1.165, 1.54) is 0 Å². The molecule has 2 aliphatic rings. The van der Waals surface area contributed by atoms with Crippen molar-refractivity contribution in [1.82, 2.24) is 14.9 Å². The third-order valence-corrected chi connectivity index (χ3v) is 4.94. The molecule has 2 aromatic rings. The SMILES string of the molecule is CC1C=Cc2cc(C(=O)N3CCN(c4ncccc4N)CC3)[nH]c2C=C1. The number of H-pyrrole nitrogens is 1. The lowest BCUT2D eigenvalue weighted by Gasteiger charge is -2.35. The van der Waals surface area contributed by atoms with Crippen LogP contribution in [-0.4, -0.2) is 47.0 Å². The molecule has 3 N–H and O–H groups in total. The van der Waals surface area contributed by atoms with E-state index in [1.54, 1.807) is 6.20 Å². The number of rotatable bonds is 2. The monoisotopic (exact) mass is 349 g/mol. The van der Waals surface area contributed by atoms with Gasteiger partial charge in [-0.15, -0.1) is 0 Å². The highest BCUT2D eigenvalue weighted by atomic mass is 16.2. The number of allylic oxidation sites excluding steroid dienone is 2. The fourth-order valence-electron chi connectivity index (χ4n) is 3.41. The Labute approximate surface area is 153 Å². The third kappa shape index (κ3) is 3.10. The average Bonchev–Trinajstić information content (AvgIpc) is 3.00. The molecule has 4 rings (SSSR count). The number of fused-ring (bicyclic) bond motifs is 1. The van der Waals surface area contributed by atoms with Gasteiger partial charge in [0.15, 0.2) is 5.82 Å². The molecule has 0 radical (unpaired) electrons. The number of nitrogens with one attached hydrogen (secondary N) is 1. The quantitative estimate of drug-likeness (QED) is 0.874. The van der Waals surface area contributed by atoms with Crippen LogP contribution < -0.4 is 10.6 Å². The molecule has 134 valence electrons. The van der Waals surface area contributed by atoms with Crippen LogP contribution in [-0.2, 0) is 0 Å². The lowest BCUT2D eigenvalue weighted by molar-refractivity contribution is 0.0741. The maximum atomic E-state index is 12.9. The number of pyridine rings is 1. The van der Waals surface area contributed by atoms with Crippen LogP contribution >= 0.6 is 0 Å². The summed E-state index contributed by atoms with van der Waals surface area (Å²) in [5.41, 5.74) is 9.39. The summed E-state index contributed by atoms with van der Waals surface area (Å²) >= 11 is 0. The van der Waals surface area contributed by atoms with Gasteiger partial charge in [0.25, 0.3) is 5.91 Å². The molecule has 3 heterocycles. The van der Waals surface area contributed by atoms with E-state index in [0.717, 1.165) is 30.2 Å². The summed E-state index contributed by atoms with van der Waals surface area (Å²) in [6, 6.07) is 5.63. The van der Waals surface area contributed by atoms with Crippen LogP contribution in [0.15, 0.2) is 36.5 Å². The summed E-state index contributed by atoms with van der Waals surface area (Å²) in [6.45, 7) is 4.90. The summed E-state index contributed by atoms with van der Waals surface area (Å²) in [5.74, 6) is 1.25. The van der Waals surface area contributed by atoms with Crippen LogP contribution in [0.3, 0.4) is 0 Å². The maximum Gasteiger partial charge on any atom is 0.270 e. The summed E-state index contributed by atoms with van der Waals surface area (Å²) in [4.78, 5) is 24.5. The first-order valence-electron chi connectivity index (χ1n) is 8.96. The molecule has 0 spiro atoms. The lowest BCUT2D eigenvalue weighted by atomic mass is 10.1. The van der Waals surface area contributed by atoms with Gasteiger partial charge in [-0.3, -0.25) is 4.79 Å². The summed E-state index contributed by atoms with van der Waals surface area (Å²) in [7, 11) is 0. The zero-order valence-electron chi connectivity index (χ0n) is 14.9. The number of anilines is 2. The summed E-state index contributed by atoms with van der Waals surface area (Å²) < 4.78 is 0. The molecule has 1 amide bonds. The Morgan fingerprint density at radius 1 is 1.23 bits per heavy atom. The number of carbonyl (C=O) groups excluding carboxylic acids is 1. The first-order chi connectivity index (χ1) is 12.6. The van der Waals surface area contributed by atoms with Crippen molar-refractivity contribution in [3.63, 3.8) is 0 Å². The van der Waals surface area contributed by atoms with Crippen molar-refractivity contribution in [3.05, 3.63) is 53.5 Å². The molecule has 1 atom stereocenters. The van der Waals surface area contributed by atoms with E-state index in [4.69, 9.17) is 5.73 Å². The van der Waals surface area contributed by atoms with Crippen LogP contribution in [0, 0.1) is 5.92 Å². The highest BCUT2D eigenvalue weighted by Crippen LogP contribution is 2.23.